The number of ether oxygens (including phenoxy) is 1. The number of hydrogen-bond acceptors (Lipinski definition) is 4. The van der Waals surface area contributed by atoms with Crippen LogP contribution < -0.4 is 15.4 Å². The second-order valence-corrected chi connectivity index (χ2v) is 13.7. The molecule has 7 heteroatoms. The van der Waals surface area contributed by atoms with Gasteiger partial charge in [-0.2, -0.15) is 0 Å². The molecule has 0 aromatic heterocycles. The zero-order valence-corrected chi connectivity index (χ0v) is 25.0. The largest absolute Gasteiger partial charge is 0.490 e. The Morgan fingerprint density at radius 3 is 2.49 bits per heavy atom. The summed E-state index contributed by atoms with van der Waals surface area (Å²) in [6, 6.07) is 11.0. The standard InChI is InChI=1S/C34H44F2N2O3/c1-32(2)19-34(36,20-38-32)29(39)17-21-12-14-24(16-21)41-28-15-13-23(33(3,4)31(40)37-5)18-26(28)25-10-7-11-27(35)30(25)22-8-6-9-22/h7,10-11,13,15,18,21-22,24,38H,6,8-9,12,14,16-17,19-20H2,1-5H3,(H,37,40)/t21-,24?,34+/m1/s1. The van der Waals surface area contributed by atoms with Crippen molar-refractivity contribution >= 4 is 11.7 Å². The van der Waals surface area contributed by atoms with Gasteiger partial charge in [0, 0.05) is 37.5 Å². The molecule has 41 heavy (non-hydrogen) atoms. The molecular formula is C34H44F2N2O3. The number of amides is 1. The predicted molar refractivity (Wildman–Crippen MR) is 157 cm³/mol. The third-order valence-corrected chi connectivity index (χ3v) is 9.68. The molecule has 1 amide bonds. The van der Waals surface area contributed by atoms with Gasteiger partial charge in [0.1, 0.15) is 11.6 Å². The second-order valence-electron chi connectivity index (χ2n) is 13.7. The van der Waals surface area contributed by atoms with Crippen molar-refractivity contribution < 1.29 is 23.1 Å². The first-order valence-electron chi connectivity index (χ1n) is 15.1. The summed E-state index contributed by atoms with van der Waals surface area (Å²) in [6.07, 6.45) is 5.52. The van der Waals surface area contributed by atoms with Crippen LogP contribution in [-0.4, -0.2) is 42.6 Å². The Labute approximate surface area is 242 Å². The number of halogens is 2. The van der Waals surface area contributed by atoms with Gasteiger partial charge in [0.15, 0.2) is 11.5 Å². The molecule has 0 bridgehead atoms. The zero-order chi connectivity index (χ0) is 29.6. The number of carbonyl (C=O) groups excluding carboxylic acids is 2. The van der Waals surface area contributed by atoms with E-state index in [2.05, 4.69) is 10.6 Å². The smallest absolute Gasteiger partial charge is 0.229 e. The van der Waals surface area contributed by atoms with Gasteiger partial charge in [0.05, 0.1) is 11.5 Å². The molecule has 2 aromatic rings. The molecule has 0 radical (unpaired) electrons. The minimum atomic E-state index is -1.81. The van der Waals surface area contributed by atoms with Gasteiger partial charge < -0.3 is 15.4 Å². The van der Waals surface area contributed by atoms with Crippen molar-refractivity contribution in [3.63, 3.8) is 0 Å². The SMILES string of the molecule is CNC(=O)C(C)(C)c1ccc(OC2CC[C@@H](CC(=O)[C@@]3(F)CNC(C)(C)C3)C2)c(-c2cccc(F)c2C2CCC2)c1. The summed E-state index contributed by atoms with van der Waals surface area (Å²) in [5.74, 6) is 0.252. The predicted octanol–water partition coefficient (Wildman–Crippen LogP) is 6.77. The molecule has 5 rings (SSSR count). The van der Waals surface area contributed by atoms with Crippen molar-refractivity contribution in [1.29, 1.82) is 0 Å². The molecule has 2 aromatic carbocycles. The van der Waals surface area contributed by atoms with E-state index >= 15 is 8.78 Å². The molecule has 1 heterocycles. The number of benzene rings is 2. The molecule has 3 fully saturated rings. The molecular weight excluding hydrogens is 522 g/mol. The number of nitrogens with one attached hydrogen (secondary N) is 2. The van der Waals surface area contributed by atoms with E-state index in [0.29, 0.717) is 12.2 Å². The first-order valence-corrected chi connectivity index (χ1v) is 15.1. The Morgan fingerprint density at radius 2 is 1.85 bits per heavy atom. The van der Waals surface area contributed by atoms with E-state index in [9.17, 15) is 9.59 Å². The van der Waals surface area contributed by atoms with E-state index in [1.54, 1.807) is 13.1 Å². The molecule has 1 saturated heterocycles. The molecule has 2 aliphatic carbocycles. The van der Waals surface area contributed by atoms with Crippen LogP contribution in [0.4, 0.5) is 8.78 Å². The van der Waals surface area contributed by atoms with Crippen LogP contribution in [0.1, 0.15) is 96.1 Å². The monoisotopic (exact) mass is 566 g/mol. The van der Waals surface area contributed by atoms with Gasteiger partial charge in [-0.1, -0.05) is 24.6 Å². The summed E-state index contributed by atoms with van der Waals surface area (Å²) in [5.41, 5.74) is 0.140. The van der Waals surface area contributed by atoms with Crippen molar-refractivity contribution in [2.45, 2.75) is 108 Å². The van der Waals surface area contributed by atoms with E-state index in [4.69, 9.17) is 4.74 Å². The summed E-state index contributed by atoms with van der Waals surface area (Å²) in [4.78, 5) is 25.7. The van der Waals surface area contributed by atoms with E-state index in [0.717, 1.165) is 54.4 Å². The summed E-state index contributed by atoms with van der Waals surface area (Å²) in [7, 11) is 1.62. The highest BCUT2D eigenvalue weighted by Crippen LogP contribution is 2.46. The Balaban J connectivity index is 1.40. The highest BCUT2D eigenvalue weighted by Gasteiger charge is 2.49. The molecule has 5 nitrogen and oxygen atoms in total. The van der Waals surface area contributed by atoms with Crippen LogP contribution in [0.2, 0.25) is 0 Å². The lowest BCUT2D eigenvalue weighted by molar-refractivity contribution is -0.130. The number of alkyl halides is 1. The van der Waals surface area contributed by atoms with Crippen molar-refractivity contribution in [2.24, 2.45) is 5.92 Å². The van der Waals surface area contributed by atoms with Crippen molar-refractivity contribution in [3.05, 3.63) is 53.3 Å². The second kappa shape index (κ2) is 11.1. The summed E-state index contributed by atoms with van der Waals surface area (Å²) in [5, 5.41) is 5.89. The first-order chi connectivity index (χ1) is 19.3. The van der Waals surface area contributed by atoms with Gasteiger partial charge in [-0.15, -0.1) is 0 Å². The van der Waals surface area contributed by atoms with E-state index in [-0.39, 0.29) is 60.4 Å². The number of ketones is 1. The minimum absolute atomic E-state index is 0.0680. The Morgan fingerprint density at radius 1 is 1.10 bits per heavy atom. The zero-order valence-electron chi connectivity index (χ0n) is 25.0. The number of likely N-dealkylation sites (N-methyl/N-ethyl adjacent to an activating group) is 1. The van der Waals surface area contributed by atoms with Crippen molar-refractivity contribution in [3.8, 4) is 16.9 Å². The first kappa shape index (κ1) is 29.7. The van der Waals surface area contributed by atoms with Gasteiger partial charge in [0.2, 0.25) is 5.91 Å². The molecule has 2 N–H and O–H groups in total. The fraction of sp³-hybridized carbons (Fsp3) is 0.588. The summed E-state index contributed by atoms with van der Waals surface area (Å²) < 4.78 is 37.3. The number of hydrogen-bond donors (Lipinski definition) is 2. The lowest BCUT2D eigenvalue weighted by Gasteiger charge is -2.30. The molecule has 0 spiro atoms. The van der Waals surface area contributed by atoms with Gasteiger partial charge >= 0.3 is 0 Å². The highest BCUT2D eigenvalue weighted by atomic mass is 19.1. The number of Topliss-reactive ketones (excluding diaryl/α,β-unsaturated/α-hetero) is 1. The lowest BCUT2D eigenvalue weighted by atomic mass is 9.76. The maximum absolute atomic E-state index is 15.4. The van der Waals surface area contributed by atoms with Gasteiger partial charge in [-0.3, -0.25) is 9.59 Å². The maximum Gasteiger partial charge on any atom is 0.229 e. The van der Waals surface area contributed by atoms with E-state index in [1.165, 1.54) is 6.07 Å². The van der Waals surface area contributed by atoms with E-state index < -0.39 is 11.1 Å². The fourth-order valence-corrected chi connectivity index (χ4v) is 6.91. The van der Waals surface area contributed by atoms with Crippen LogP contribution >= 0.6 is 0 Å². The van der Waals surface area contributed by atoms with Gasteiger partial charge in [0.25, 0.3) is 0 Å². The highest BCUT2D eigenvalue weighted by molar-refractivity contribution is 5.89. The van der Waals surface area contributed by atoms with Crippen LogP contribution in [-0.2, 0) is 15.0 Å². The molecule has 3 aliphatic rings. The maximum atomic E-state index is 15.4. The number of carbonyl (C=O) groups is 2. The third-order valence-electron chi connectivity index (χ3n) is 9.68. The quantitative estimate of drug-likeness (QED) is 0.352. The van der Waals surface area contributed by atoms with Crippen molar-refractivity contribution in [2.75, 3.05) is 13.6 Å². The summed E-state index contributed by atoms with van der Waals surface area (Å²) in [6.45, 7) is 7.68. The fourth-order valence-electron chi connectivity index (χ4n) is 6.91. The van der Waals surface area contributed by atoms with Crippen LogP contribution in [0.15, 0.2) is 36.4 Å². The van der Waals surface area contributed by atoms with Gasteiger partial charge in [-0.05, 0) is 107 Å². The van der Waals surface area contributed by atoms with Crippen LogP contribution in [0, 0.1) is 11.7 Å². The van der Waals surface area contributed by atoms with E-state index in [1.807, 2.05) is 52.0 Å². The Hall–Kier alpha value is -2.80. The van der Waals surface area contributed by atoms with Crippen LogP contribution in [0.25, 0.3) is 11.1 Å². The van der Waals surface area contributed by atoms with Crippen molar-refractivity contribution in [1.82, 2.24) is 10.6 Å². The minimum Gasteiger partial charge on any atom is -0.490 e. The Kier molecular flexibility index (Phi) is 8.05. The Bertz CT molecular complexity index is 1320. The molecule has 222 valence electrons. The topological polar surface area (TPSA) is 67.4 Å². The molecule has 1 aliphatic heterocycles. The molecule has 3 atom stereocenters. The molecule has 1 unspecified atom stereocenters. The summed E-state index contributed by atoms with van der Waals surface area (Å²) >= 11 is 0. The van der Waals surface area contributed by atoms with Gasteiger partial charge in [-0.25, -0.2) is 8.78 Å². The number of rotatable bonds is 9. The normalized spacial score (nSPS) is 26.0. The van der Waals surface area contributed by atoms with Crippen LogP contribution in [0.5, 0.6) is 5.75 Å². The van der Waals surface area contributed by atoms with Crippen LogP contribution in [0.3, 0.4) is 0 Å². The molecule has 2 saturated carbocycles. The lowest BCUT2D eigenvalue weighted by Crippen LogP contribution is -2.38. The third kappa shape index (κ3) is 5.93. The average molecular weight is 567 g/mol. The average Bonchev–Trinajstić information content (AvgIpc) is 3.46.